The largest absolute Gasteiger partial charge is 0.383 e. The molecule has 0 bridgehead atoms. The van der Waals surface area contributed by atoms with Crippen molar-refractivity contribution in [2.24, 2.45) is 5.73 Å². The van der Waals surface area contributed by atoms with Crippen LogP contribution in [0.3, 0.4) is 0 Å². The maximum absolute atomic E-state index is 5.69. The number of ether oxygens (including phenoxy) is 1. The molecule has 0 fully saturated rings. The summed E-state index contributed by atoms with van der Waals surface area (Å²) in [6.07, 6.45) is 1.85. The third-order valence-electron chi connectivity index (χ3n) is 1.37. The average molecular weight is 140 g/mol. The lowest BCUT2D eigenvalue weighted by atomic mass is 10.2. The summed E-state index contributed by atoms with van der Waals surface area (Å²) in [6.45, 7) is 0.556. The Balaban J connectivity index is 2.50. The summed E-state index contributed by atoms with van der Waals surface area (Å²) in [4.78, 5) is 3.02. The van der Waals surface area contributed by atoms with Crippen molar-refractivity contribution in [3.63, 3.8) is 0 Å². The highest BCUT2D eigenvalue weighted by atomic mass is 16.5. The van der Waals surface area contributed by atoms with Crippen molar-refractivity contribution >= 4 is 0 Å². The Kier molecular flexibility index (Phi) is 2.48. The fourth-order valence-corrected chi connectivity index (χ4v) is 0.844. The molecular formula is C7H12N2O. The van der Waals surface area contributed by atoms with E-state index in [2.05, 4.69) is 4.98 Å². The molecule has 0 unspecified atom stereocenters. The van der Waals surface area contributed by atoms with Crippen LogP contribution in [0.5, 0.6) is 0 Å². The molecule has 1 heterocycles. The van der Waals surface area contributed by atoms with E-state index in [-0.39, 0.29) is 6.04 Å². The van der Waals surface area contributed by atoms with Crippen molar-refractivity contribution in [2.75, 3.05) is 13.7 Å². The van der Waals surface area contributed by atoms with Crippen molar-refractivity contribution in [3.05, 3.63) is 24.0 Å². The number of H-pyrrole nitrogens is 1. The van der Waals surface area contributed by atoms with Crippen LogP contribution in [0.15, 0.2) is 18.3 Å². The number of methoxy groups -OCH3 is 1. The van der Waals surface area contributed by atoms with E-state index < -0.39 is 0 Å². The van der Waals surface area contributed by atoms with Gasteiger partial charge in [0.15, 0.2) is 0 Å². The Labute approximate surface area is 60.2 Å². The molecule has 0 aliphatic rings. The maximum Gasteiger partial charge on any atom is 0.0685 e. The quantitative estimate of drug-likeness (QED) is 0.648. The molecule has 0 amide bonds. The number of aromatic nitrogens is 1. The number of aromatic amines is 1. The molecule has 0 radical (unpaired) electrons. The van der Waals surface area contributed by atoms with Gasteiger partial charge in [-0.2, -0.15) is 0 Å². The Morgan fingerprint density at radius 1 is 1.80 bits per heavy atom. The number of hydrogen-bond donors (Lipinski definition) is 2. The fourth-order valence-electron chi connectivity index (χ4n) is 0.844. The fraction of sp³-hybridized carbons (Fsp3) is 0.429. The minimum absolute atomic E-state index is 0.0278. The van der Waals surface area contributed by atoms with Gasteiger partial charge in [0.1, 0.15) is 0 Å². The molecule has 1 atom stereocenters. The molecule has 10 heavy (non-hydrogen) atoms. The van der Waals surface area contributed by atoms with E-state index in [0.717, 1.165) is 5.69 Å². The zero-order chi connectivity index (χ0) is 7.40. The molecule has 1 rings (SSSR count). The van der Waals surface area contributed by atoms with Gasteiger partial charge >= 0.3 is 0 Å². The molecule has 3 heteroatoms. The van der Waals surface area contributed by atoms with E-state index in [1.54, 1.807) is 7.11 Å². The highest BCUT2D eigenvalue weighted by Gasteiger charge is 2.03. The first-order valence-corrected chi connectivity index (χ1v) is 3.22. The molecule has 3 N–H and O–H groups in total. The average Bonchev–Trinajstić information content (AvgIpc) is 2.38. The predicted molar refractivity (Wildman–Crippen MR) is 39.6 cm³/mol. The summed E-state index contributed by atoms with van der Waals surface area (Å²) < 4.78 is 4.88. The monoisotopic (exact) mass is 140 g/mol. The van der Waals surface area contributed by atoms with E-state index in [9.17, 15) is 0 Å². The molecule has 56 valence electrons. The first-order valence-electron chi connectivity index (χ1n) is 3.22. The summed E-state index contributed by atoms with van der Waals surface area (Å²) in [5, 5.41) is 0. The Morgan fingerprint density at radius 2 is 2.60 bits per heavy atom. The molecule has 1 aromatic heterocycles. The van der Waals surface area contributed by atoms with Crippen LogP contribution in [-0.4, -0.2) is 18.7 Å². The molecule has 0 aliphatic heterocycles. The number of nitrogens with two attached hydrogens (primary N) is 1. The zero-order valence-electron chi connectivity index (χ0n) is 6.00. The molecule has 0 aromatic carbocycles. The maximum atomic E-state index is 5.69. The summed E-state index contributed by atoms with van der Waals surface area (Å²) in [6, 6.07) is 3.84. The topological polar surface area (TPSA) is 51.0 Å². The molecule has 0 saturated carbocycles. The minimum Gasteiger partial charge on any atom is -0.383 e. The van der Waals surface area contributed by atoms with Gasteiger partial charge in [-0.15, -0.1) is 0 Å². The third kappa shape index (κ3) is 1.59. The molecule has 0 saturated heterocycles. The standard InChI is InChI=1S/C7H12N2O/c1-10-5-6(8)7-3-2-4-9-7/h2-4,6,9H,5,8H2,1H3/t6-/m1/s1. The molecule has 1 aromatic rings. The third-order valence-corrected chi connectivity index (χ3v) is 1.37. The second-order valence-electron chi connectivity index (χ2n) is 2.19. The minimum atomic E-state index is -0.0278. The van der Waals surface area contributed by atoms with Gasteiger partial charge in [-0.05, 0) is 12.1 Å². The van der Waals surface area contributed by atoms with Gasteiger partial charge in [-0.25, -0.2) is 0 Å². The van der Waals surface area contributed by atoms with E-state index in [0.29, 0.717) is 6.61 Å². The lowest BCUT2D eigenvalue weighted by molar-refractivity contribution is 0.180. The van der Waals surface area contributed by atoms with Gasteiger partial charge < -0.3 is 15.5 Å². The molecule has 0 aliphatic carbocycles. The van der Waals surface area contributed by atoms with E-state index >= 15 is 0 Å². The highest BCUT2D eigenvalue weighted by Crippen LogP contribution is 2.05. The lowest BCUT2D eigenvalue weighted by Gasteiger charge is -2.06. The molecule has 0 spiro atoms. The highest BCUT2D eigenvalue weighted by molar-refractivity contribution is 5.08. The number of rotatable bonds is 3. The summed E-state index contributed by atoms with van der Waals surface area (Å²) in [7, 11) is 1.64. The van der Waals surface area contributed by atoms with Gasteiger partial charge in [0.2, 0.25) is 0 Å². The number of nitrogens with one attached hydrogen (secondary N) is 1. The second-order valence-corrected chi connectivity index (χ2v) is 2.19. The van der Waals surface area contributed by atoms with E-state index in [1.807, 2.05) is 18.3 Å². The van der Waals surface area contributed by atoms with Crippen molar-refractivity contribution in [1.29, 1.82) is 0 Å². The number of hydrogen-bond acceptors (Lipinski definition) is 2. The van der Waals surface area contributed by atoms with Crippen LogP contribution in [-0.2, 0) is 4.74 Å². The predicted octanol–water partition coefficient (Wildman–Crippen LogP) is 0.661. The second kappa shape index (κ2) is 3.39. The van der Waals surface area contributed by atoms with Crippen LogP contribution in [0.25, 0.3) is 0 Å². The Bertz CT molecular complexity index is 172. The normalized spacial score (nSPS) is 13.4. The van der Waals surface area contributed by atoms with Crippen LogP contribution in [0.1, 0.15) is 11.7 Å². The smallest absolute Gasteiger partial charge is 0.0685 e. The van der Waals surface area contributed by atoms with Gasteiger partial charge in [0, 0.05) is 19.0 Å². The Hall–Kier alpha value is -0.800. The SMILES string of the molecule is COC[C@@H](N)c1ccc[nH]1. The Morgan fingerprint density at radius 3 is 3.10 bits per heavy atom. The van der Waals surface area contributed by atoms with Crippen LogP contribution in [0, 0.1) is 0 Å². The molecule has 3 nitrogen and oxygen atoms in total. The van der Waals surface area contributed by atoms with Crippen LogP contribution in [0.2, 0.25) is 0 Å². The van der Waals surface area contributed by atoms with Gasteiger partial charge in [-0.1, -0.05) is 0 Å². The van der Waals surface area contributed by atoms with Crippen molar-refractivity contribution in [1.82, 2.24) is 4.98 Å². The first-order chi connectivity index (χ1) is 4.84. The zero-order valence-corrected chi connectivity index (χ0v) is 6.00. The van der Waals surface area contributed by atoms with Gasteiger partial charge in [-0.3, -0.25) is 0 Å². The van der Waals surface area contributed by atoms with Crippen LogP contribution in [0.4, 0.5) is 0 Å². The van der Waals surface area contributed by atoms with Gasteiger partial charge in [0.05, 0.1) is 12.6 Å². The first kappa shape index (κ1) is 7.31. The van der Waals surface area contributed by atoms with Crippen LogP contribution >= 0.6 is 0 Å². The van der Waals surface area contributed by atoms with E-state index in [4.69, 9.17) is 10.5 Å². The summed E-state index contributed by atoms with van der Waals surface area (Å²) in [5.74, 6) is 0. The van der Waals surface area contributed by atoms with Crippen molar-refractivity contribution in [2.45, 2.75) is 6.04 Å². The van der Waals surface area contributed by atoms with Crippen molar-refractivity contribution in [3.8, 4) is 0 Å². The summed E-state index contributed by atoms with van der Waals surface area (Å²) >= 11 is 0. The molecular weight excluding hydrogens is 128 g/mol. The van der Waals surface area contributed by atoms with Crippen LogP contribution < -0.4 is 5.73 Å². The van der Waals surface area contributed by atoms with Gasteiger partial charge in [0.25, 0.3) is 0 Å². The van der Waals surface area contributed by atoms with E-state index in [1.165, 1.54) is 0 Å². The van der Waals surface area contributed by atoms with Crippen molar-refractivity contribution < 1.29 is 4.74 Å². The lowest BCUT2D eigenvalue weighted by Crippen LogP contribution is -2.16. The summed E-state index contributed by atoms with van der Waals surface area (Å²) in [5.41, 5.74) is 6.71.